The standard InChI is InChI=1S/C15H17BrClFN2O/c1-9(17)15-19-13-6-12(18)11(16)5-14(13)20(15)7-10-3-2-4-21-8-10/h5-6,9-10H,2-4,7-8H2,1H3. The maximum absolute atomic E-state index is 13.7. The van der Waals surface area contributed by atoms with Crippen LogP contribution >= 0.6 is 27.5 Å². The number of aromatic nitrogens is 2. The summed E-state index contributed by atoms with van der Waals surface area (Å²) in [6.45, 7) is 4.30. The average molecular weight is 376 g/mol. The van der Waals surface area contributed by atoms with Crippen molar-refractivity contribution < 1.29 is 9.13 Å². The fourth-order valence-electron chi connectivity index (χ4n) is 2.84. The van der Waals surface area contributed by atoms with Gasteiger partial charge in [0.1, 0.15) is 11.6 Å². The number of hydrogen-bond donors (Lipinski definition) is 0. The van der Waals surface area contributed by atoms with Crippen LogP contribution in [0, 0.1) is 11.7 Å². The van der Waals surface area contributed by atoms with E-state index in [-0.39, 0.29) is 11.2 Å². The lowest BCUT2D eigenvalue weighted by atomic mass is 10.0. The monoisotopic (exact) mass is 374 g/mol. The Morgan fingerprint density at radius 3 is 3.05 bits per heavy atom. The number of rotatable bonds is 3. The van der Waals surface area contributed by atoms with Crippen molar-refractivity contribution in [2.24, 2.45) is 5.92 Å². The van der Waals surface area contributed by atoms with E-state index in [0.717, 1.165) is 43.9 Å². The Labute approximate surface area is 136 Å². The molecule has 0 N–H and O–H groups in total. The molecule has 3 rings (SSSR count). The second-order valence-electron chi connectivity index (χ2n) is 5.53. The van der Waals surface area contributed by atoms with Crippen LogP contribution in [0.1, 0.15) is 31.0 Å². The third kappa shape index (κ3) is 3.10. The van der Waals surface area contributed by atoms with E-state index in [9.17, 15) is 4.39 Å². The zero-order valence-electron chi connectivity index (χ0n) is 11.8. The minimum absolute atomic E-state index is 0.219. The van der Waals surface area contributed by atoms with Gasteiger partial charge in [-0.15, -0.1) is 11.6 Å². The van der Waals surface area contributed by atoms with Gasteiger partial charge in [0, 0.05) is 25.1 Å². The van der Waals surface area contributed by atoms with Gasteiger partial charge in [-0.25, -0.2) is 9.37 Å². The molecule has 0 saturated carbocycles. The summed E-state index contributed by atoms with van der Waals surface area (Å²) in [4.78, 5) is 4.51. The molecule has 0 aliphatic carbocycles. The summed E-state index contributed by atoms with van der Waals surface area (Å²) >= 11 is 9.51. The summed E-state index contributed by atoms with van der Waals surface area (Å²) < 4.78 is 21.8. The molecule has 6 heteroatoms. The zero-order valence-corrected chi connectivity index (χ0v) is 14.1. The Hall–Kier alpha value is -0.650. The molecule has 0 amide bonds. The van der Waals surface area contributed by atoms with Crippen LogP contribution in [-0.4, -0.2) is 22.8 Å². The predicted molar refractivity (Wildman–Crippen MR) is 85.2 cm³/mol. The highest BCUT2D eigenvalue weighted by atomic mass is 79.9. The van der Waals surface area contributed by atoms with E-state index in [1.165, 1.54) is 6.07 Å². The van der Waals surface area contributed by atoms with Gasteiger partial charge in [-0.05, 0) is 41.8 Å². The Morgan fingerprint density at radius 2 is 2.38 bits per heavy atom. The second kappa shape index (κ2) is 6.23. The highest BCUT2D eigenvalue weighted by molar-refractivity contribution is 9.10. The molecule has 2 aromatic rings. The third-order valence-electron chi connectivity index (χ3n) is 3.87. The van der Waals surface area contributed by atoms with E-state index in [0.29, 0.717) is 15.9 Å². The molecule has 114 valence electrons. The van der Waals surface area contributed by atoms with Crippen molar-refractivity contribution in [3.63, 3.8) is 0 Å². The summed E-state index contributed by atoms with van der Waals surface area (Å²) in [5.41, 5.74) is 1.56. The van der Waals surface area contributed by atoms with Crippen molar-refractivity contribution in [1.29, 1.82) is 0 Å². The van der Waals surface area contributed by atoms with Gasteiger partial charge in [0.25, 0.3) is 0 Å². The van der Waals surface area contributed by atoms with Gasteiger partial charge in [-0.3, -0.25) is 0 Å². The van der Waals surface area contributed by atoms with Gasteiger partial charge < -0.3 is 9.30 Å². The van der Waals surface area contributed by atoms with E-state index in [2.05, 4.69) is 25.5 Å². The molecule has 2 atom stereocenters. The van der Waals surface area contributed by atoms with Crippen LogP contribution in [0.3, 0.4) is 0 Å². The van der Waals surface area contributed by atoms with E-state index in [4.69, 9.17) is 16.3 Å². The maximum atomic E-state index is 13.7. The lowest BCUT2D eigenvalue weighted by Crippen LogP contribution is -2.23. The predicted octanol–water partition coefficient (Wildman–Crippen LogP) is 4.66. The number of benzene rings is 1. The molecule has 3 nitrogen and oxygen atoms in total. The van der Waals surface area contributed by atoms with E-state index < -0.39 is 0 Å². The first-order valence-corrected chi connectivity index (χ1v) is 8.36. The van der Waals surface area contributed by atoms with Crippen molar-refractivity contribution in [3.8, 4) is 0 Å². The molecule has 0 radical (unpaired) electrons. The van der Waals surface area contributed by atoms with Crippen LogP contribution in [0.5, 0.6) is 0 Å². The summed E-state index contributed by atoms with van der Waals surface area (Å²) in [5.74, 6) is 0.936. The SMILES string of the molecule is CC(Cl)c1nc2cc(F)c(Br)cc2n1CC1CCCOC1. The van der Waals surface area contributed by atoms with Crippen molar-refractivity contribution >= 4 is 38.6 Å². The minimum Gasteiger partial charge on any atom is -0.381 e. The molecular formula is C15H17BrClFN2O. The second-order valence-corrected chi connectivity index (χ2v) is 7.04. The Morgan fingerprint density at radius 1 is 1.57 bits per heavy atom. The van der Waals surface area contributed by atoms with Crippen molar-refractivity contribution in [2.45, 2.75) is 31.7 Å². The smallest absolute Gasteiger partial charge is 0.139 e. The van der Waals surface area contributed by atoms with Gasteiger partial charge in [0.15, 0.2) is 0 Å². The first-order valence-electron chi connectivity index (χ1n) is 7.13. The summed E-state index contributed by atoms with van der Waals surface area (Å²) in [5, 5.41) is -0.219. The molecule has 1 saturated heterocycles. The molecule has 2 heterocycles. The van der Waals surface area contributed by atoms with E-state index in [1.807, 2.05) is 6.92 Å². The van der Waals surface area contributed by atoms with Crippen molar-refractivity contribution in [3.05, 3.63) is 28.2 Å². The van der Waals surface area contributed by atoms with Crippen LogP contribution < -0.4 is 0 Å². The van der Waals surface area contributed by atoms with Crippen LogP contribution in [0.2, 0.25) is 0 Å². The summed E-state index contributed by atoms with van der Waals surface area (Å²) in [6, 6.07) is 3.24. The average Bonchev–Trinajstić information content (AvgIpc) is 2.79. The van der Waals surface area contributed by atoms with Gasteiger partial charge in [-0.2, -0.15) is 0 Å². The maximum Gasteiger partial charge on any atom is 0.139 e. The Balaban J connectivity index is 2.04. The number of nitrogens with zero attached hydrogens (tertiary/aromatic N) is 2. The van der Waals surface area contributed by atoms with E-state index >= 15 is 0 Å². The van der Waals surface area contributed by atoms with Gasteiger partial charge in [-0.1, -0.05) is 0 Å². The van der Waals surface area contributed by atoms with Crippen LogP contribution in [0.25, 0.3) is 11.0 Å². The molecule has 0 bridgehead atoms. The van der Waals surface area contributed by atoms with Gasteiger partial charge in [0.2, 0.25) is 0 Å². The van der Waals surface area contributed by atoms with Crippen LogP contribution in [0.4, 0.5) is 4.39 Å². The molecule has 21 heavy (non-hydrogen) atoms. The molecule has 1 aliphatic heterocycles. The first-order chi connectivity index (χ1) is 10.1. The topological polar surface area (TPSA) is 27.1 Å². The molecule has 1 aromatic heterocycles. The largest absolute Gasteiger partial charge is 0.381 e. The Bertz CT molecular complexity index is 653. The molecule has 1 aromatic carbocycles. The molecular weight excluding hydrogens is 359 g/mol. The number of alkyl halides is 1. The van der Waals surface area contributed by atoms with Crippen molar-refractivity contribution in [2.75, 3.05) is 13.2 Å². The normalized spacial score (nSPS) is 20.9. The quantitative estimate of drug-likeness (QED) is 0.729. The highest BCUT2D eigenvalue weighted by Gasteiger charge is 2.21. The van der Waals surface area contributed by atoms with Crippen LogP contribution in [-0.2, 0) is 11.3 Å². The van der Waals surface area contributed by atoms with Gasteiger partial charge in [0.05, 0.1) is 27.5 Å². The minimum atomic E-state index is -0.304. The Kier molecular flexibility index (Phi) is 4.52. The number of hydrogen-bond acceptors (Lipinski definition) is 2. The summed E-state index contributed by atoms with van der Waals surface area (Å²) in [6.07, 6.45) is 2.22. The molecule has 2 unspecified atom stereocenters. The van der Waals surface area contributed by atoms with Gasteiger partial charge >= 0.3 is 0 Å². The molecule has 0 spiro atoms. The number of imidazole rings is 1. The van der Waals surface area contributed by atoms with Crippen LogP contribution in [0.15, 0.2) is 16.6 Å². The van der Waals surface area contributed by atoms with E-state index in [1.54, 1.807) is 6.07 Å². The summed E-state index contributed by atoms with van der Waals surface area (Å²) in [7, 11) is 0. The number of fused-ring (bicyclic) bond motifs is 1. The number of ether oxygens (including phenoxy) is 1. The fraction of sp³-hybridized carbons (Fsp3) is 0.533. The zero-order chi connectivity index (χ0) is 15.0. The van der Waals surface area contributed by atoms with Crippen molar-refractivity contribution in [1.82, 2.24) is 9.55 Å². The first kappa shape index (κ1) is 15.3. The third-order valence-corrected chi connectivity index (χ3v) is 4.67. The number of halogens is 3. The highest BCUT2D eigenvalue weighted by Crippen LogP contribution is 2.30. The molecule has 1 fully saturated rings. The lowest BCUT2D eigenvalue weighted by Gasteiger charge is -2.24. The molecule has 1 aliphatic rings. The fourth-order valence-corrected chi connectivity index (χ4v) is 3.34. The lowest BCUT2D eigenvalue weighted by molar-refractivity contribution is 0.0485.